The molecule has 0 radical (unpaired) electrons. The van der Waals surface area contributed by atoms with Crippen molar-refractivity contribution in [2.24, 2.45) is 0 Å². The highest BCUT2D eigenvalue weighted by molar-refractivity contribution is 7.90. The van der Waals surface area contributed by atoms with Gasteiger partial charge in [-0.1, -0.05) is 23.5 Å². The smallest absolute Gasteiger partial charge is 0.257 e. The molecule has 0 aliphatic rings. The van der Waals surface area contributed by atoms with Gasteiger partial charge in [0.2, 0.25) is 0 Å². The molecule has 0 bridgehead atoms. The highest BCUT2D eigenvalue weighted by Gasteiger charge is 2.13. The van der Waals surface area contributed by atoms with E-state index in [1.807, 2.05) is 36.7 Å². The van der Waals surface area contributed by atoms with E-state index in [9.17, 15) is 13.2 Å². The Morgan fingerprint density at radius 1 is 1.10 bits per heavy atom. The van der Waals surface area contributed by atoms with Crippen LogP contribution in [0.3, 0.4) is 0 Å². The van der Waals surface area contributed by atoms with Crippen molar-refractivity contribution in [3.8, 4) is 0 Å². The molecular formula is C21H20N4O3S2. The molecule has 0 saturated carbocycles. The molecule has 30 heavy (non-hydrogen) atoms. The number of fused-ring (bicyclic) bond motifs is 1. The second-order valence-electron chi connectivity index (χ2n) is 7.16. The van der Waals surface area contributed by atoms with Crippen LogP contribution in [0.5, 0.6) is 0 Å². The van der Waals surface area contributed by atoms with E-state index in [1.54, 1.807) is 24.3 Å². The zero-order valence-electron chi connectivity index (χ0n) is 16.7. The number of hydrogen-bond donors (Lipinski definition) is 1. The number of sulfone groups is 1. The van der Waals surface area contributed by atoms with Crippen LogP contribution in [0.4, 0.5) is 5.13 Å². The van der Waals surface area contributed by atoms with Crippen molar-refractivity contribution in [1.29, 1.82) is 0 Å². The van der Waals surface area contributed by atoms with Crippen LogP contribution in [0.25, 0.3) is 10.2 Å². The topological polar surface area (TPSA) is 94.0 Å². The van der Waals surface area contributed by atoms with E-state index in [-0.39, 0.29) is 10.8 Å². The molecular weight excluding hydrogens is 420 g/mol. The molecule has 0 aliphatic heterocycles. The average molecular weight is 441 g/mol. The van der Waals surface area contributed by atoms with Crippen molar-refractivity contribution >= 4 is 42.4 Å². The van der Waals surface area contributed by atoms with E-state index in [1.165, 1.54) is 17.4 Å². The van der Waals surface area contributed by atoms with Crippen LogP contribution < -0.4 is 5.32 Å². The third kappa shape index (κ3) is 4.27. The van der Waals surface area contributed by atoms with E-state index in [0.717, 1.165) is 23.2 Å². The lowest BCUT2D eigenvalue weighted by Crippen LogP contribution is -2.12. The lowest BCUT2D eigenvalue weighted by atomic mass is 10.1. The van der Waals surface area contributed by atoms with Gasteiger partial charge in [-0.05, 0) is 55.8 Å². The van der Waals surface area contributed by atoms with Gasteiger partial charge in [-0.25, -0.2) is 13.4 Å². The van der Waals surface area contributed by atoms with Gasteiger partial charge in [-0.15, -0.1) is 0 Å². The molecule has 0 fully saturated rings. The fourth-order valence-electron chi connectivity index (χ4n) is 3.13. The van der Waals surface area contributed by atoms with Crippen molar-refractivity contribution in [2.75, 3.05) is 11.6 Å². The normalized spacial score (nSPS) is 11.7. The summed E-state index contributed by atoms with van der Waals surface area (Å²) in [5.74, 6) is -0.268. The number of rotatable bonds is 5. The Balaban J connectivity index is 1.49. The Bertz CT molecular complexity index is 1350. The largest absolute Gasteiger partial charge is 0.298 e. The first kappa shape index (κ1) is 20.2. The summed E-state index contributed by atoms with van der Waals surface area (Å²) in [7, 11) is -3.29. The molecule has 4 rings (SSSR count). The number of carbonyl (C=O) groups is 1. The van der Waals surface area contributed by atoms with Crippen molar-refractivity contribution in [3.63, 3.8) is 0 Å². The molecule has 4 aromatic rings. The molecule has 0 aliphatic carbocycles. The first-order valence-corrected chi connectivity index (χ1v) is 11.9. The number of aromatic nitrogens is 3. The Morgan fingerprint density at radius 3 is 2.47 bits per heavy atom. The Labute approximate surface area is 178 Å². The van der Waals surface area contributed by atoms with Gasteiger partial charge in [0.25, 0.3) is 5.91 Å². The number of aryl methyl sites for hydroxylation is 2. The van der Waals surface area contributed by atoms with E-state index in [2.05, 4.69) is 15.4 Å². The molecule has 1 N–H and O–H groups in total. The maximum atomic E-state index is 12.6. The number of hydrogen-bond acceptors (Lipinski definition) is 6. The monoisotopic (exact) mass is 440 g/mol. The summed E-state index contributed by atoms with van der Waals surface area (Å²) in [6, 6.07) is 14.1. The minimum atomic E-state index is -3.29. The molecule has 0 unspecified atom stereocenters. The zero-order chi connectivity index (χ0) is 21.5. The van der Waals surface area contributed by atoms with E-state index >= 15 is 0 Å². The van der Waals surface area contributed by atoms with Gasteiger partial charge in [0.05, 0.1) is 27.4 Å². The number of amides is 1. The predicted octanol–water partition coefficient (Wildman–Crippen LogP) is 3.81. The highest BCUT2D eigenvalue weighted by Crippen LogP contribution is 2.28. The molecule has 0 spiro atoms. The fourth-order valence-corrected chi connectivity index (χ4v) is 4.75. The zero-order valence-corrected chi connectivity index (χ0v) is 18.3. The molecule has 1 amide bonds. The fraction of sp³-hybridized carbons (Fsp3) is 0.190. The van der Waals surface area contributed by atoms with Gasteiger partial charge in [0.1, 0.15) is 0 Å². The predicted molar refractivity (Wildman–Crippen MR) is 118 cm³/mol. The Morgan fingerprint density at radius 2 is 1.83 bits per heavy atom. The van der Waals surface area contributed by atoms with E-state index in [0.29, 0.717) is 27.5 Å². The first-order chi connectivity index (χ1) is 14.2. The van der Waals surface area contributed by atoms with E-state index < -0.39 is 9.84 Å². The van der Waals surface area contributed by atoms with Gasteiger partial charge in [-0.3, -0.25) is 14.8 Å². The Kier molecular flexibility index (Phi) is 5.17. The lowest BCUT2D eigenvalue weighted by Gasteiger charge is -2.06. The standard InChI is InChI=1S/C21H20N4O3S2/c1-13-10-14(2)25(24-13)12-15-4-6-16(7-5-15)20(26)23-21-22-18-9-8-17(30(3,27)28)11-19(18)29-21/h4-11H,12H2,1-3H3,(H,22,23,26). The van der Waals surface area contributed by atoms with Crippen LogP contribution >= 0.6 is 11.3 Å². The van der Waals surface area contributed by atoms with Crippen LogP contribution in [0, 0.1) is 13.8 Å². The number of benzene rings is 2. The SMILES string of the molecule is Cc1cc(C)n(Cc2ccc(C(=O)Nc3nc4ccc(S(C)(=O)=O)cc4s3)cc2)n1. The van der Waals surface area contributed by atoms with E-state index in [4.69, 9.17) is 0 Å². The molecule has 2 heterocycles. The molecule has 0 saturated heterocycles. The number of anilines is 1. The van der Waals surface area contributed by atoms with Crippen molar-refractivity contribution < 1.29 is 13.2 Å². The second-order valence-corrected chi connectivity index (χ2v) is 10.2. The van der Waals surface area contributed by atoms with Crippen LogP contribution in [0.1, 0.15) is 27.3 Å². The van der Waals surface area contributed by atoms with Crippen molar-refractivity contribution in [1.82, 2.24) is 14.8 Å². The Hall–Kier alpha value is -3.04. The van der Waals surface area contributed by atoms with Gasteiger partial charge < -0.3 is 0 Å². The summed E-state index contributed by atoms with van der Waals surface area (Å²) in [4.78, 5) is 17.2. The van der Waals surface area contributed by atoms with Crippen LogP contribution in [0.15, 0.2) is 53.4 Å². The van der Waals surface area contributed by atoms with Crippen molar-refractivity contribution in [2.45, 2.75) is 25.3 Å². The maximum Gasteiger partial charge on any atom is 0.257 e. The number of thiazole rings is 1. The maximum absolute atomic E-state index is 12.6. The molecule has 7 nitrogen and oxygen atoms in total. The summed E-state index contributed by atoms with van der Waals surface area (Å²) in [6.45, 7) is 4.61. The highest BCUT2D eigenvalue weighted by atomic mass is 32.2. The lowest BCUT2D eigenvalue weighted by molar-refractivity contribution is 0.102. The second kappa shape index (κ2) is 7.66. The third-order valence-corrected chi connectivity index (χ3v) is 6.70. The summed E-state index contributed by atoms with van der Waals surface area (Å²) in [5.41, 5.74) is 4.27. The number of nitrogens with one attached hydrogen (secondary N) is 1. The molecule has 0 atom stereocenters. The van der Waals surface area contributed by atoms with Crippen LogP contribution in [0.2, 0.25) is 0 Å². The van der Waals surface area contributed by atoms with Gasteiger partial charge in [-0.2, -0.15) is 5.10 Å². The number of carbonyl (C=O) groups excluding carboxylic acids is 1. The summed E-state index contributed by atoms with van der Waals surface area (Å²) in [5, 5.41) is 7.67. The first-order valence-electron chi connectivity index (χ1n) is 9.21. The summed E-state index contributed by atoms with van der Waals surface area (Å²) in [6.07, 6.45) is 1.16. The van der Waals surface area contributed by atoms with Gasteiger partial charge >= 0.3 is 0 Å². The minimum Gasteiger partial charge on any atom is -0.298 e. The average Bonchev–Trinajstić information content (AvgIpc) is 3.22. The van der Waals surface area contributed by atoms with Crippen molar-refractivity contribution in [3.05, 3.63) is 71.0 Å². The van der Waals surface area contributed by atoms with Crippen LogP contribution in [-0.2, 0) is 16.4 Å². The van der Waals surface area contributed by atoms with Gasteiger partial charge in [0.15, 0.2) is 15.0 Å². The number of nitrogens with zero attached hydrogens (tertiary/aromatic N) is 3. The quantitative estimate of drug-likeness (QED) is 0.509. The van der Waals surface area contributed by atoms with Crippen LogP contribution in [-0.4, -0.2) is 35.3 Å². The molecule has 2 aromatic carbocycles. The summed E-state index contributed by atoms with van der Waals surface area (Å²) >= 11 is 1.24. The van der Waals surface area contributed by atoms with Gasteiger partial charge in [0, 0.05) is 17.5 Å². The third-order valence-electron chi connectivity index (χ3n) is 4.66. The summed E-state index contributed by atoms with van der Waals surface area (Å²) < 4.78 is 26.1. The molecule has 2 aromatic heterocycles. The molecule has 154 valence electrons. The molecule has 9 heteroatoms. The minimum absolute atomic E-state index is 0.231.